The number of rotatable bonds is 23. The first kappa shape index (κ1) is 51.9. The third-order valence-electron chi connectivity index (χ3n) is 13.7. The Hall–Kier alpha value is -6.52. The topological polar surface area (TPSA) is 145 Å². The first-order chi connectivity index (χ1) is 33.3. The molecule has 4 aromatic carbocycles. The predicted molar refractivity (Wildman–Crippen MR) is 259 cm³/mol. The van der Waals surface area contributed by atoms with E-state index in [4.69, 9.17) is 56.8 Å². The van der Waals surface area contributed by atoms with Gasteiger partial charge in [0.05, 0.1) is 136 Å². The largest absolute Gasteiger partial charge is 0.493 e. The van der Waals surface area contributed by atoms with E-state index in [2.05, 4.69) is 14.1 Å². The van der Waals surface area contributed by atoms with E-state index in [9.17, 15) is 9.59 Å². The normalized spacial score (nSPS) is 19.4. The number of fused-ring (bicyclic) bond motifs is 2. The first-order valence-corrected chi connectivity index (χ1v) is 23.1. The molecule has 0 N–H and O–H groups in total. The minimum Gasteiger partial charge on any atom is -0.493 e. The SMILES string of the molecule is COc1ccc(CC2c3c(cc(OC)c(OC)c3OC)CC[N+]2(C)CCCOC(=O)C=CC(=O)OCCC[N+]2(C)CCc3cc(OC)c(OC)c(OC)c3C2c2ccc(OC)c(OC)c2)cc1OC. The summed E-state index contributed by atoms with van der Waals surface area (Å²) in [4.78, 5) is 25.8. The number of likely N-dealkylation sites (N-methyl/N-ethyl adjacent to an activating group) is 2. The lowest BCUT2D eigenvalue weighted by Gasteiger charge is -2.46. The van der Waals surface area contributed by atoms with Crippen molar-refractivity contribution in [3.8, 4) is 57.5 Å². The van der Waals surface area contributed by atoms with E-state index in [1.54, 1.807) is 71.1 Å². The fraction of sp³-hybridized carbons (Fsp3) is 0.472. The number of carbonyl (C=O) groups excluding carboxylic acids is 2. The average Bonchev–Trinajstić information content (AvgIpc) is 3.37. The Labute approximate surface area is 406 Å². The summed E-state index contributed by atoms with van der Waals surface area (Å²) in [6, 6.07) is 15.7. The minimum atomic E-state index is -0.627. The second-order valence-electron chi connectivity index (χ2n) is 17.6. The van der Waals surface area contributed by atoms with Gasteiger partial charge in [0.2, 0.25) is 11.5 Å². The van der Waals surface area contributed by atoms with Gasteiger partial charge in [0.25, 0.3) is 0 Å². The first-order valence-electron chi connectivity index (χ1n) is 23.1. The van der Waals surface area contributed by atoms with Gasteiger partial charge in [-0.1, -0.05) is 6.07 Å². The van der Waals surface area contributed by atoms with Crippen molar-refractivity contribution in [3.63, 3.8) is 0 Å². The lowest BCUT2D eigenvalue weighted by Crippen LogP contribution is -2.52. The Kier molecular flexibility index (Phi) is 17.4. The van der Waals surface area contributed by atoms with Gasteiger partial charge >= 0.3 is 11.9 Å². The van der Waals surface area contributed by atoms with Gasteiger partial charge in [0.15, 0.2) is 46.0 Å². The van der Waals surface area contributed by atoms with Gasteiger partial charge < -0.3 is 65.8 Å². The Balaban J connectivity index is 1.09. The number of benzene rings is 4. The van der Waals surface area contributed by atoms with Crippen LogP contribution in [-0.2, 0) is 38.3 Å². The van der Waals surface area contributed by atoms with Crippen LogP contribution in [0.15, 0.2) is 60.7 Å². The second-order valence-corrected chi connectivity index (χ2v) is 17.6. The van der Waals surface area contributed by atoms with Crippen LogP contribution in [0.5, 0.6) is 57.5 Å². The summed E-state index contributed by atoms with van der Waals surface area (Å²) < 4.78 is 70.1. The summed E-state index contributed by atoms with van der Waals surface area (Å²) in [5.74, 6) is 4.78. The standard InChI is InChI=1S/C53H70N2O14/c1-54(25-21-35-31-43(62-7)50(64-9)52(66-11)47(35)38(54)29-34-15-17-39(58-3)41(30-34)60-5)23-13-27-68-45(56)19-20-46(57)69-28-14-24-55(2)26-22-36-32-44(63-8)51(65-10)53(67-12)48(36)49(55)37-16-18-40(59-4)42(33-37)61-6/h15-20,30-33,38,49H,13-14,21-29H2,1-12H3/q+2. The van der Waals surface area contributed by atoms with Crippen LogP contribution in [0, 0.1) is 0 Å². The van der Waals surface area contributed by atoms with Crippen molar-refractivity contribution in [2.75, 3.05) is 125 Å². The van der Waals surface area contributed by atoms with Crippen molar-refractivity contribution in [3.05, 3.63) is 94.1 Å². The number of nitrogens with zero attached hydrogens (tertiary/aromatic N) is 2. The smallest absolute Gasteiger partial charge is 0.331 e. The highest BCUT2D eigenvalue weighted by Gasteiger charge is 2.45. The van der Waals surface area contributed by atoms with Gasteiger partial charge in [-0.15, -0.1) is 0 Å². The van der Waals surface area contributed by atoms with Crippen LogP contribution in [0.3, 0.4) is 0 Å². The summed E-state index contributed by atoms with van der Waals surface area (Å²) >= 11 is 0. The average molecular weight is 959 g/mol. The lowest BCUT2D eigenvalue weighted by atomic mass is 9.84. The van der Waals surface area contributed by atoms with Crippen LogP contribution >= 0.6 is 0 Å². The van der Waals surface area contributed by atoms with Gasteiger partial charge in [0, 0.05) is 49.8 Å². The zero-order chi connectivity index (χ0) is 49.9. The number of methoxy groups -OCH3 is 10. The predicted octanol–water partition coefficient (Wildman–Crippen LogP) is 7.27. The van der Waals surface area contributed by atoms with Crippen molar-refractivity contribution in [1.82, 2.24) is 0 Å². The highest BCUT2D eigenvalue weighted by molar-refractivity contribution is 5.91. The Morgan fingerprint density at radius 2 is 0.957 bits per heavy atom. The van der Waals surface area contributed by atoms with E-state index in [1.807, 2.05) is 48.5 Å². The van der Waals surface area contributed by atoms with Gasteiger partial charge in [-0.25, -0.2) is 9.59 Å². The highest BCUT2D eigenvalue weighted by atomic mass is 16.6. The van der Waals surface area contributed by atoms with Gasteiger partial charge in [-0.3, -0.25) is 0 Å². The van der Waals surface area contributed by atoms with E-state index in [-0.39, 0.29) is 25.3 Å². The Bertz CT molecular complexity index is 2470. The summed E-state index contributed by atoms with van der Waals surface area (Å²) in [5.41, 5.74) is 6.31. The van der Waals surface area contributed by atoms with Crippen molar-refractivity contribution in [1.29, 1.82) is 0 Å². The zero-order valence-electron chi connectivity index (χ0n) is 42.3. The molecule has 0 bridgehead atoms. The molecule has 2 heterocycles. The molecule has 16 heteroatoms. The molecule has 0 aromatic heterocycles. The molecule has 374 valence electrons. The lowest BCUT2D eigenvalue weighted by molar-refractivity contribution is -0.941. The molecular weight excluding hydrogens is 889 g/mol. The van der Waals surface area contributed by atoms with Gasteiger partial charge in [0.1, 0.15) is 12.1 Å². The molecule has 0 radical (unpaired) electrons. The molecule has 16 nitrogen and oxygen atoms in total. The number of carbonyl (C=O) groups is 2. The molecule has 4 unspecified atom stereocenters. The van der Waals surface area contributed by atoms with Crippen molar-refractivity contribution >= 4 is 11.9 Å². The molecular formula is C53H70N2O14+2. The fourth-order valence-electron chi connectivity index (χ4n) is 10.2. The quantitative estimate of drug-likeness (QED) is 0.0318. The van der Waals surface area contributed by atoms with E-state index in [0.717, 1.165) is 71.5 Å². The number of hydrogen-bond donors (Lipinski definition) is 0. The van der Waals surface area contributed by atoms with E-state index in [1.165, 1.54) is 0 Å². The summed E-state index contributed by atoms with van der Waals surface area (Å²) in [6.45, 7) is 3.26. The van der Waals surface area contributed by atoms with Crippen LogP contribution in [0.4, 0.5) is 0 Å². The molecule has 2 aliphatic heterocycles. The van der Waals surface area contributed by atoms with E-state index in [0.29, 0.717) is 98.8 Å². The highest BCUT2D eigenvalue weighted by Crippen LogP contribution is 2.53. The third-order valence-corrected chi connectivity index (χ3v) is 13.7. The third kappa shape index (κ3) is 11.0. The van der Waals surface area contributed by atoms with Crippen LogP contribution < -0.4 is 47.4 Å². The van der Waals surface area contributed by atoms with Crippen molar-refractivity contribution < 1.29 is 75.4 Å². The molecule has 6 rings (SSSR count). The van der Waals surface area contributed by atoms with E-state index < -0.39 is 11.9 Å². The van der Waals surface area contributed by atoms with Gasteiger partial charge in [-0.2, -0.15) is 0 Å². The molecule has 2 aliphatic rings. The maximum Gasteiger partial charge on any atom is 0.331 e. The maximum atomic E-state index is 12.9. The molecule has 0 fully saturated rings. The number of quaternary nitrogens is 2. The Morgan fingerprint density at radius 1 is 0.507 bits per heavy atom. The summed E-state index contributed by atoms with van der Waals surface area (Å²) in [5, 5.41) is 0. The number of hydrogen-bond acceptors (Lipinski definition) is 14. The maximum absolute atomic E-state index is 12.9. The number of ether oxygens (including phenoxy) is 12. The fourth-order valence-corrected chi connectivity index (χ4v) is 10.2. The van der Waals surface area contributed by atoms with Crippen LogP contribution in [0.2, 0.25) is 0 Å². The molecule has 4 atom stereocenters. The molecule has 0 spiro atoms. The molecule has 0 aliphatic carbocycles. The second kappa shape index (κ2) is 23.2. The molecule has 69 heavy (non-hydrogen) atoms. The van der Waals surface area contributed by atoms with Gasteiger partial charge in [-0.05, 0) is 59.2 Å². The summed E-state index contributed by atoms with van der Waals surface area (Å²) in [7, 11) is 20.6. The minimum absolute atomic E-state index is 0.0606. The van der Waals surface area contributed by atoms with E-state index >= 15 is 0 Å². The number of esters is 2. The van der Waals surface area contributed by atoms with Crippen molar-refractivity contribution in [2.45, 2.75) is 44.2 Å². The molecule has 0 saturated heterocycles. The molecule has 0 saturated carbocycles. The van der Waals surface area contributed by atoms with Crippen LogP contribution in [0.1, 0.15) is 58.3 Å². The Morgan fingerprint density at radius 3 is 1.46 bits per heavy atom. The monoisotopic (exact) mass is 958 g/mol. The van der Waals surface area contributed by atoms with Crippen LogP contribution in [-0.4, -0.2) is 145 Å². The molecule has 4 aromatic rings. The van der Waals surface area contributed by atoms with Crippen molar-refractivity contribution in [2.24, 2.45) is 0 Å². The summed E-state index contributed by atoms with van der Waals surface area (Å²) in [6.07, 6.45) is 5.56. The molecule has 0 amide bonds. The van der Waals surface area contributed by atoms with Crippen LogP contribution in [0.25, 0.3) is 0 Å². The zero-order valence-corrected chi connectivity index (χ0v) is 42.3.